The molecule has 0 atom stereocenters. The third-order valence-corrected chi connectivity index (χ3v) is 9.40. The zero-order valence-electron chi connectivity index (χ0n) is 22.5. The molecule has 1 aromatic carbocycles. The van der Waals surface area contributed by atoms with Crippen molar-refractivity contribution < 1.29 is 26.4 Å². The lowest BCUT2D eigenvalue weighted by Gasteiger charge is -2.27. The molecular weight excluding hydrogens is 543 g/mol. The van der Waals surface area contributed by atoms with Gasteiger partial charge < -0.3 is 15.5 Å². The Morgan fingerprint density at radius 2 is 1.80 bits per heavy atom. The normalized spacial score (nSPS) is 20.0. The van der Waals surface area contributed by atoms with E-state index in [1.165, 1.54) is 6.07 Å². The molecule has 0 bridgehead atoms. The molecule has 3 aliphatic rings. The molecule has 1 aliphatic carbocycles. The van der Waals surface area contributed by atoms with E-state index in [2.05, 4.69) is 26.6 Å². The fourth-order valence-corrected chi connectivity index (χ4v) is 6.62. The number of hydrogen-bond donors (Lipinski definition) is 2. The summed E-state index contributed by atoms with van der Waals surface area (Å²) in [4.78, 5) is 20.0. The number of aromatic nitrogens is 1. The zero-order valence-corrected chi connectivity index (χ0v) is 23.3. The number of halogens is 3. The molecule has 218 valence electrons. The van der Waals surface area contributed by atoms with E-state index < -0.39 is 21.6 Å². The molecule has 5 rings (SSSR count). The number of rotatable bonds is 10. The quantitative estimate of drug-likeness (QED) is 0.392. The van der Waals surface area contributed by atoms with Gasteiger partial charge in [0.05, 0.1) is 22.8 Å². The van der Waals surface area contributed by atoms with Gasteiger partial charge in [0, 0.05) is 63.6 Å². The van der Waals surface area contributed by atoms with Crippen molar-refractivity contribution in [3.63, 3.8) is 0 Å². The number of anilines is 3. The summed E-state index contributed by atoms with van der Waals surface area (Å²) < 4.78 is 64.7. The maximum absolute atomic E-state index is 13.7. The van der Waals surface area contributed by atoms with E-state index in [9.17, 15) is 26.4 Å². The van der Waals surface area contributed by atoms with Crippen LogP contribution in [0.3, 0.4) is 0 Å². The van der Waals surface area contributed by atoms with Gasteiger partial charge in [-0.05, 0) is 55.2 Å². The van der Waals surface area contributed by atoms with Gasteiger partial charge in [0.25, 0.3) is 0 Å². The Morgan fingerprint density at radius 1 is 1.02 bits per heavy atom. The number of pyridine rings is 1. The van der Waals surface area contributed by atoms with E-state index >= 15 is 0 Å². The van der Waals surface area contributed by atoms with E-state index in [4.69, 9.17) is 0 Å². The minimum Gasteiger partial charge on any atom is -0.384 e. The highest BCUT2D eigenvalue weighted by molar-refractivity contribution is 7.91. The van der Waals surface area contributed by atoms with Gasteiger partial charge in [-0.2, -0.15) is 13.2 Å². The van der Waals surface area contributed by atoms with Crippen LogP contribution in [-0.4, -0.2) is 73.3 Å². The van der Waals surface area contributed by atoms with Crippen molar-refractivity contribution in [1.29, 1.82) is 0 Å². The zero-order chi connectivity index (χ0) is 28.3. The van der Waals surface area contributed by atoms with Crippen LogP contribution in [0.5, 0.6) is 0 Å². The molecule has 3 fully saturated rings. The maximum atomic E-state index is 13.7. The number of amides is 1. The summed E-state index contributed by atoms with van der Waals surface area (Å²) in [5.74, 6) is 1.16. The van der Waals surface area contributed by atoms with E-state index in [1.807, 2.05) is 12.1 Å². The number of nitrogens with zero attached hydrogens (tertiary/aromatic N) is 3. The average molecular weight is 580 g/mol. The van der Waals surface area contributed by atoms with Crippen LogP contribution in [0.4, 0.5) is 30.4 Å². The molecule has 12 heteroatoms. The smallest absolute Gasteiger partial charge is 0.384 e. The lowest BCUT2D eigenvalue weighted by atomic mass is 10.0. The predicted octanol–water partition coefficient (Wildman–Crippen LogP) is 4.77. The number of alkyl halides is 3. The highest BCUT2D eigenvalue weighted by Crippen LogP contribution is 2.45. The molecule has 3 heterocycles. The molecule has 2 N–H and O–H groups in total. The standard InChI is InChI=1S/C28H36F3N5O3S/c29-28(30,31)23-18-33-26(17-25(23)32-9-3-11-36-10-2-1-4-27(36)37)34-24-8-5-20(16-22(24)21-6-7-21)19-35-12-14-40(38,39)15-13-35/h5,8,16-18,21H,1-4,6-7,9-15,19H2,(H2,32,33,34). The Morgan fingerprint density at radius 3 is 2.50 bits per heavy atom. The highest BCUT2D eigenvalue weighted by atomic mass is 32.2. The summed E-state index contributed by atoms with van der Waals surface area (Å²) in [6.45, 7) is 3.22. The van der Waals surface area contributed by atoms with Crippen LogP contribution in [0, 0.1) is 0 Å². The molecule has 0 spiro atoms. The molecule has 2 saturated heterocycles. The first kappa shape index (κ1) is 28.7. The summed E-state index contributed by atoms with van der Waals surface area (Å²) in [7, 11) is -2.94. The SMILES string of the molecule is O=C1CCCCN1CCCNc1cc(Nc2ccc(CN3CCS(=O)(=O)CC3)cc2C2CC2)ncc1C(F)(F)F. The van der Waals surface area contributed by atoms with E-state index in [1.54, 1.807) is 4.90 Å². The van der Waals surface area contributed by atoms with Gasteiger partial charge in [0.1, 0.15) is 5.82 Å². The van der Waals surface area contributed by atoms with Gasteiger partial charge >= 0.3 is 6.18 Å². The second-order valence-corrected chi connectivity index (χ2v) is 13.3. The van der Waals surface area contributed by atoms with Crippen LogP contribution in [-0.2, 0) is 27.4 Å². The minimum atomic E-state index is -4.55. The van der Waals surface area contributed by atoms with Gasteiger partial charge in [0.2, 0.25) is 5.91 Å². The van der Waals surface area contributed by atoms with Crippen molar-refractivity contribution in [1.82, 2.24) is 14.8 Å². The number of carbonyl (C=O) groups is 1. The lowest BCUT2D eigenvalue weighted by molar-refractivity contribution is -0.137. The summed E-state index contributed by atoms with van der Waals surface area (Å²) >= 11 is 0. The molecule has 1 amide bonds. The first-order valence-electron chi connectivity index (χ1n) is 14.0. The molecule has 0 radical (unpaired) electrons. The van der Waals surface area contributed by atoms with Crippen LogP contribution in [0.15, 0.2) is 30.5 Å². The largest absolute Gasteiger partial charge is 0.419 e. The van der Waals surface area contributed by atoms with E-state index in [0.29, 0.717) is 63.8 Å². The third kappa shape index (κ3) is 7.45. The van der Waals surface area contributed by atoms with Gasteiger partial charge in [-0.25, -0.2) is 13.4 Å². The molecule has 40 heavy (non-hydrogen) atoms. The summed E-state index contributed by atoms with van der Waals surface area (Å²) in [5, 5.41) is 6.16. The molecule has 1 saturated carbocycles. The molecular formula is C28H36F3N5O3S. The predicted molar refractivity (Wildman–Crippen MR) is 148 cm³/mol. The highest BCUT2D eigenvalue weighted by Gasteiger charge is 2.34. The topological polar surface area (TPSA) is 94.6 Å². The summed E-state index contributed by atoms with van der Waals surface area (Å²) in [6.07, 6.45) is 1.34. The number of sulfone groups is 1. The number of likely N-dealkylation sites (tertiary alicyclic amines) is 1. The number of hydrogen-bond acceptors (Lipinski definition) is 7. The van der Waals surface area contributed by atoms with E-state index in [-0.39, 0.29) is 23.1 Å². The molecule has 0 unspecified atom stereocenters. The number of carbonyl (C=O) groups excluding carboxylic acids is 1. The number of benzene rings is 1. The van der Waals surface area contributed by atoms with Gasteiger partial charge in [-0.3, -0.25) is 9.69 Å². The van der Waals surface area contributed by atoms with Crippen molar-refractivity contribution in [3.05, 3.63) is 47.2 Å². The van der Waals surface area contributed by atoms with Crippen molar-refractivity contribution >= 4 is 32.9 Å². The molecule has 2 aliphatic heterocycles. The van der Waals surface area contributed by atoms with Crippen molar-refractivity contribution in [2.75, 3.05) is 54.9 Å². The Labute approximate surface area is 233 Å². The number of nitrogens with one attached hydrogen (secondary N) is 2. The van der Waals surface area contributed by atoms with Crippen LogP contribution >= 0.6 is 0 Å². The van der Waals surface area contributed by atoms with Gasteiger partial charge in [0.15, 0.2) is 9.84 Å². The number of piperidine rings is 1. The summed E-state index contributed by atoms with van der Waals surface area (Å²) in [5.41, 5.74) is 2.13. The molecule has 1 aromatic heterocycles. The monoisotopic (exact) mass is 579 g/mol. The Kier molecular flexibility index (Phi) is 8.55. The average Bonchev–Trinajstić information content (AvgIpc) is 3.75. The molecule has 2 aromatic rings. The van der Waals surface area contributed by atoms with Crippen LogP contribution in [0.25, 0.3) is 0 Å². The Hall–Kier alpha value is -2.86. The van der Waals surface area contributed by atoms with Crippen molar-refractivity contribution in [2.45, 2.75) is 57.2 Å². The van der Waals surface area contributed by atoms with Crippen molar-refractivity contribution in [2.24, 2.45) is 0 Å². The first-order valence-corrected chi connectivity index (χ1v) is 15.8. The Balaban J connectivity index is 1.26. The second-order valence-electron chi connectivity index (χ2n) is 11.0. The van der Waals surface area contributed by atoms with Gasteiger partial charge in [-0.15, -0.1) is 0 Å². The fourth-order valence-electron chi connectivity index (χ4n) is 5.35. The molecule has 8 nitrogen and oxygen atoms in total. The first-order chi connectivity index (χ1) is 19.1. The fraction of sp³-hybridized carbons (Fsp3) is 0.571. The third-order valence-electron chi connectivity index (χ3n) is 7.79. The second kappa shape index (κ2) is 11.9. The summed E-state index contributed by atoms with van der Waals surface area (Å²) in [6, 6.07) is 7.43. The van der Waals surface area contributed by atoms with Gasteiger partial charge in [-0.1, -0.05) is 12.1 Å². The van der Waals surface area contributed by atoms with Crippen molar-refractivity contribution in [3.8, 4) is 0 Å². The maximum Gasteiger partial charge on any atom is 0.419 e. The lowest BCUT2D eigenvalue weighted by Crippen LogP contribution is -2.39. The van der Waals surface area contributed by atoms with Crippen LogP contribution in [0.2, 0.25) is 0 Å². The minimum absolute atomic E-state index is 0.0420. The van der Waals surface area contributed by atoms with Crippen LogP contribution < -0.4 is 10.6 Å². The van der Waals surface area contributed by atoms with Crippen LogP contribution in [0.1, 0.15) is 61.1 Å². The Bertz CT molecular complexity index is 1320. The van der Waals surface area contributed by atoms with E-state index in [0.717, 1.165) is 48.7 Å².